The summed E-state index contributed by atoms with van der Waals surface area (Å²) in [5.74, 6) is 0.0503. The molecule has 1 amide bonds. The second-order valence-corrected chi connectivity index (χ2v) is 4.66. The van der Waals surface area contributed by atoms with Gasteiger partial charge in [0.05, 0.1) is 5.60 Å². The van der Waals surface area contributed by atoms with Crippen LogP contribution in [-0.2, 0) is 9.53 Å². The zero-order chi connectivity index (χ0) is 11.4. The SMILES string of the molecule is CCC(C)N(C)C(=O)COC(C)(C)C. The van der Waals surface area contributed by atoms with Crippen LogP contribution < -0.4 is 0 Å². The molecule has 0 saturated heterocycles. The summed E-state index contributed by atoms with van der Waals surface area (Å²) in [5, 5.41) is 0. The lowest BCUT2D eigenvalue weighted by Gasteiger charge is -2.26. The van der Waals surface area contributed by atoms with Crippen molar-refractivity contribution < 1.29 is 9.53 Å². The molecule has 14 heavy (non-hydrogen) atoms. The average Bonchev–Trinajstić information content (AvgIpc) is 2.10. The Morgan fingerprint density at radius 1 is 1.43 bits per heavy atom. The molecule has 0 aromatic heterocycles. The molecule has 1 atom stereocenters. The summed E-state index contributed by atoms with van der Waals surface area (Å²) in [4.78, 5) is 13.3. The van der Waals surface area contributed by atoms with Gasteiger partial charge in [-0.15, -0.1) is 0 Å². The summed E-state index contributed by atoms with van der Waals surface area (Å²) in [6, 6.07) is 0.283. The van der Waals surface area contributed by atoms with E-state index in [1.54, 1.807) is 4.90 Å². The Kier molecular flexibility index (Phi) is 5.13. The van der Waals surface area contributed by atoms with Gasteiger partial charge in [-0.2, -0.15) is 0 Å². The third kappa shape index (κ3) is 5.22. The maximum absolute atomic E-state index is 11.6. The molecule has 3 nitrogen and oxygen atoms in total. The summed E-state index contributed by atoms with van der Waals surface area (Å²) < 4.78 is 5.42. The predicted molar refractivity (Wildman–Crippen MR) is 58.2 cm³/mol. The van der Waals surface area contributed by atoms with Gasteiger partial charge in [0, 0.05) is 13.1 Å². The van der Waals surface area contributed by atoms with Gasteiger partial charge in [0.1, 0.15) is 6.61 Å². The summed E-state index contributed by atoms with van der Waals surface area (Å²) in [6.45, 7) is 10.1. The Morgan fingerprint density at radius 2 is 1.93 bits per heavy atom. The van der Waals surface area contributed by atoms with Gasteiger partial charge in [0.15, 0.2) is 0 Å². The van der Waals surface area contributed by atoms with Gasteiger partial charge in [-0.3, -0.25) is 4.79 Å². The van der Waals surface area contributed by atoms with E-state index in [-0.39, 0.29) is 24.2 Å². The lowest BCUT2D eigenvalue weighted by molar-refractivity contribution is -0.141. The standard InChI is InChI=1S/C11H23NO2/c1-7-9(2)12(6)10(13)8-14-11(3,4)5/h9H,7-8H2,1-6H3. The highest BCUT2D eigenvalue weighted by Crippen LogP contribution is 2.08. The number of nitrogens with zero attached hydrogens (tertiary/aromatic N) is 1. The van der Waals surface area contributed by atoms with E-state index < -0.39 is 0 Å². The first kappa shape index (κ1) is 13.4. The molecule has 0 bridgehead atoms. The van der Waals surface area contributed by atoms with E-state index in [0.717, 1.165) is 6.42 Å². The van der Waals surface area contributed by atoms with Crippen molar-refractivity contribution in [3.63, 3.8) is 0 Å². The number of rotatable bonds is 4. The second kappa shape index (κ2) is 5.35. The van der Waals surface area contributed by atoms with Crippen molar-refractivity contribution in [3.8, 4) is 0 Å². The summed E-state index contributed by atoms with van der Waals surface area (Å²) in [7, 11) is 1.82. The summed E-state index contributed by atoms with van der Waals surface area (Å²) >= 11 is 0. The maximum atomic E-state index is 11.6. The first-order valence-electron chi connectivity index (χ1n) is 5.17. The molecular formula is C11H23NO2. The van der Waals surface area contributed by atoms with Gasteiger partial charge >= 0.3 is 0 Å². The van der Waals surface area contributed by atoms with E-state index >= 15 is 0 Å². The molecule has 0 heterocycles. The number of amides is 1. The molecule has 0 radical (unpaired) electrons. The molecule has 0 rings (SSSR count). The third-order valence-electron chi connectivity index (χ3n) is 2.27. The molecule has 0 aliphatic carbocycles. The van der Waals surface area contributed by atoms with Crippen LogP contribution in [0.3, 0.4) is 0 Å². The van der Waals surface area contributed by atoms with E-state index in [1.165, 1.54) is 0 Å². The lowest BCUT2D eigenvalue weighted by atomic mass is 10.2. The Morgan fingerprint density at radius 3 is 2.29 bits per heavy atom. The van der Waals surface area contributed by atoms with E-state index in [4.69, 9.17) is 4.74 Å². The third-order valence-corrected chi connectivity index (χ3v) is 2.27. The van der Waals surface area contributed by atoms with E-state index in [1.807, 2.05) is 34.7 Å². The molecule has 0 aromatic carbocycles. The van der Waals surface area contributed by atoms with E-state index in [0.29, 0.717) is 0 Å². The molecule has 0 aliphatic rings. The predicted octanol–water partition coefficient (Wildman–Crippen LogP) is 2.06. The fourth-order valence-corrected chi connectivity index (χ4v) is 0.900. The number of likely N-dealkylation sites (N-methyl/N-ethyl adjacent to an activating group) is 1. The van der Waals surface area contributed by atoms with Crippen molar-refractivity contribution in [1.29, 1.82) is 0 Å². The van der Waals surface area contributed by atoms with Crippen LogP contribution in [0.1, 0.15) is 41.0 Å². The number of hydrogen-bond acceptors (Lipinski definition) is 2. The number of carbonyl (C=O) groups is 1. The van der Waals surface area contributed by atoms with Crippen molar-refractivity contribution in [3.05, 3.63) is 0 Å². The van der Waals surface area contributed by atoms with Gasteiger partial charge in [-0.05, 0) is 34.1 Å². The fourth-order valence-electron chi connectivity index (χ4n) is 0.900. The van der Waals surface area contributed by atoms with Crippen LogP contribution in [0.5, 0.6) is 0 Å². The van der Waals surface area contributed by atoms with Crippen LogP contribution in [0.25, 0.3) is 0 Å². The first-order chi connectivity index (χ1) is 6.28. The summed E-state index contributed by atoms with van der Waals surface area (Å²) in [6.07, 6.45) is 0.970. The van der Waals surface area contributed by atoms with Crippen LogP contribution in [0.15, 0.2) is 0 Å². The molecule has 3 heteroatoms. The molecule has 1 unspecified atom stereocenters. The van der Waals surface area contributed by atoms with Gasteiger partial charge in [0.2, 0.25) is 5.91 Å². The highest BCUT2D eigenvalue weighted by atomic mass is 16.5. The van der Waals surface area contributed by atoms with Gasteiger partial charge in [0.25, 0.3) is 0 Å². The van der Waals surface area contributed by atoms with Crippen LogP contribution in [-0.4, -0.2) is 36.1 Å². The van der Waals surface area contributed by atoms with Crippen molar-refractivity contribution in [2.45, 2.75) is 52.7 Å². The smallest absolute Gasteiger partial charge is 0.248 e. The topological polar surface area (TPSA) is 29.5 Å². The van der Waals surface area contributed by atoms with Crippen molar-refractivity contribution in [2.24, 2.45) is 0 Å². The van der Waals surface area contributed by atoms with Gasteiger partial charge < -0.3 is 9.64 Å². The molecule has 0 aliphatic heterocycles. The highest BCUT2D eigenvalue weighted by Gasteiger charge is 2.17. The van der Waals surface area contributed by atoms with Crippen LogP contribution >= 0.6 is 0 Å². The Bertz CT molecular complexity index is 184. The molecule has 0 saturated carbocycles. The van der Waals surface area contributed by atoms with E-state index in [9.17, 15) is 4.79 Å². The van der Waals surface area contributed by atoms with Crippen LogP contribution in [0.4, 0.5) is 0 Å². The quantitative estimate of drug-likeness (QED) is 0.696. The monoisotopic (exact) mass is 201 g/mol. The molecular weight excluding hydrogens is 178 g/mol. The lowest BCUT2D eigenvalue weighted by Crippen LogP contribution is -2.38. The molecule has 0 fully saturated rings. The zero-order valence-corrected chi connectivity index (χ0v) is 10.3. The normalized spacial score (nSPS) is 13.9. The minimum absolute atomic E-state index is 0.0503. The largest absolute Gasteiger partial charge is 0.366 e. The Balaban J connectivity index is 3.97. The fraction of sp³-hybridized carbons (Fsp3) is 0.909. The number of carbonyl (C=O) groups excluding carboxylic acids is 1. The first-order valence-corrected chi connectivity index (χ1v) is 5.17. The van der Waals surface area contributed by atoms with E-state index in [2.05, 4.69) is 6.92 Å². The Hall–Kier alpha value is -0.570. The zero-order valence-electron chi connectivity index (χ0n) is 10.3. The van der Waals surface area contributed by atoms with Gasteiger partial charge in [-0.25, -0.2) is 0 Å². The second-order valence-electron chi connectivity index (χ2n) is 4.66. The minimum atomic E-state index is -0.244. The van der Waals surface area contributed by atoms with Crippen LogP contribution in [0, 0.1) is 0 Å². The molecule has 84 valence electrons. The minimum Gasteiger partial charge on any atom is -0.366 e. The van der Waals surface area contributed by atoms with Crippen molar-refractivity contribution >= 4 is 5.91 Å². The number of ether oxygens (including phenoxy) is 1. The summed E-state index contributed by atoms with van der Waals surface area (Å²) in [5.41, 5.74) is -0.244. The molecule has 0 N–H and O–H groups in total. The van der Waals surface area contributed by atoms with Crippen LogP contribution in [0.2, 0.25) is 0 Å². The van der Waals surface area contributed by atoms with Crippen molar-refractivity contribution in [1.82, 2.24) is 4.90 Å². The average molecular weight is 201 g/mol. The number of hydrogen-bond donors (Lipinski definition) is 0. The van der Waals surface area contributed by atoms with Crippen molar-refractivity contribution in [2.75, 3.05) is 13.7 Å². The highest BCUT2D eigenvalue weighted by molar-refractivity contribution is 5.77. The maximum Gasteiger partial charge on any atom is 0.248 e. The van der Waals surface area contributed by atoms with Gasteiger partial charge in [-0.1, -0.05) is 6.92 Å². The Labute approximate surface area is 87.4 Å². The molecule has 0 aromatic rings. The molecule has 0 spiro atoms.